The summed E-state index contributed by atoms with van der Waals surface area (Å²) < 4.78 is 0. The largest absolute Gasteiger partial charge is 0.507 e. The first-order chi connectivity index (χ1) is 8.30. The summed E-state index contributed by atoms with van der Waals surface area (Å²) in [7, 11) is 0. The summed E-state index contributed by atoms with van der Waals surface area (Å²) >= 11 is 0. The summed E-state index contributed by atoms with van der Waals surface area (Å²) in [5.74, 6) is -1.86. The molecule has 0 heterocycles. The fraction of sp³-hybridized carbons (Fsp3) is 0.385. The minimum atomic E-state index is -1.34. The van der Waals surface area contributed by atoms with Crippen LogP contribution in [-0.4, -0.2) is 27.6 Å². The van der Waals surface area contributed by atoms with Crippen LogP contribution in [0.1, 0.15) is 36.2 Å². The standard InChI is InChI=1S/C13H17NO4/c1-4-13(3,12(17)18)14-11(16)9-6-5-8(2)7-10(9)15/h5-7,15H,4H2,1-3H3,(H,14,16)(H,17,18). The lowest BCUT2D eigenvalue weighted by atomic mass is 9.98. The van der Waals surface area contributed by atoms with Crippen LogP contribution in [0.4, 0.5) is 0 Å². The molecule has 1 aromatic carbocycles. The van der Waals surface area contributed by atoms with E-state index in [1.54, 1.807) is 19.9 Å². The molecule has 3 N–H and O–H groups in total. The van der Waals surface area contributed by atoms with Gasteiger partial charge in [-0.1, -0.05) is 13.0 Å². The van der Waals surface area contributed by atoms with Gasteiger partial charge in [0.2, 0.25) is 0 Å². The highest BCUT2D eigenvalue weighted by molar-refractivity contribution is 5.99. The van der Waals surface area contributed by atoms with E-state index in [9.17, 15) is 14.7 Å². The first kappa shape index (κ1) is 14.0. The molecule has 0 bridgehead atoms. The number of carbonyl (C=O) groups excluding carboxylic acids is 1. The second-order valence-electron chi connectivity index (χ2n) is 4.47. The summed E-state index contributed by atoms with van der Waals surface area (Å²) in [5, 5.41) is 21.1. The number of nitrogens with one attached hydrogen (secondary N) is 1. The molecule has 0 spiro atoms. The average Bonchev–Trinajstić information content (AvgIpc) is 2.28. The van der Waals surface area contributed by atoms with Crippen molar-refractivity contribution in [2.75, 3.05) is 0 Å². The SMILES string of the molecule is CCC(C)(NC(=O)c1ccc(C)cc1O)C(=O)O. The minimum absolute atomic E-state index is 0.0709. The van der Waals surface area contributed by atoms with E-state index in [4.69, 9.17) is 5.11 Å². The predicted molar refractivity (Wildman–Crippen MR) is 66.6 cm³/mol. The molecule has 5 nitrogen and oxygen atoms in total. The van der Waals surface area contributed by atoms with Crippen molar-refractivity contribution in [3.63, 3.8) is 0 Å². The zero-order valence-corrected chi connectivity index (χ0v) is 10.7. The summed E-state index contributed by atoms with van der Waals surface area (Å²) in [6.07, 6.45) is 0.251. The highest BCUT2D eigenvalue weighted by Gasteiger charge is 2.33. The van der Waals surface area contributed by atoms with E-state index in [1.165, 1.54) is 19.1 Å². The molecule has 1 amide bonds. The molecule has 1 aromatic rings. The van der Waals surface area contributed by atoms with Gasteiger partial charge in [0, 0.05) is 0 Å². The Balaban J connectivity index is 2.98. The van der Waals surface area contributed by atoms with Crippen molar-refractivity contribution < 1.29 is 19.8 Å². The van der Waals surface area contributed by atoms with Crippen LogP contribution in [-0.2, 0) is 4.79 Å². The van der Waals surface area contributed by atoms with Crippen LogP contribution < -0.4 is 5.32 Å². The fourth-order valence-electron chi connectivity index (χ4n) is 1.44. The summed E-state index contributed by atoms with van der Waals surface area (Å²) in [6.45, 7) is 4.89. The number of carboxylic acid groups (broad SMARTS) is 1. The number of phenols is 1. The first-order valence-corrected chi connectivity index (χ1v) is 5.65. The number of benzene rings is 1. The van der Waals surface area contributed by atoms with Crippen molar-refractivity contribution in [1.29, 1.82) is 0 Å². The Hall–Kier alpha value is -2.04. The van der Waals surface area contributed by atoms with E-state index in [0.29, 0.717) is 0 Å². The maximum absolute atomic E-state index is 11.9. The van der Waals surface area contributed by atoms with Gasteiger partial charge < -0.3 is 15.5 Å². The normalized spacial score (nSPS) is 13.7. The molecule has 0 aliphatic carbocycles. The lowest BCUT2D eigenvalue weighted by Gasteiger charge is -2.24. The smallest absolute Gasteiger partial charge is 0.329 e. The zero-order valence-electron chi connectivity index (χ0n) is 10.7. The van der Waals surface area contributed by atoms with Gasteiger partial charge in [-0.3, -0.25) is 4.79 Å². The fourth-order valence-corrected chi connectivity index (χ4v) is 1.44. The van der Waals surface area contributed by atoms with Crippen LogP contribution in [0.3, 0.4) is 0 Å². The molecule has 0 saturated carbocycles. The molecule has 1 atom stereocenters. The molecular formula is C13H17NO4. The average molecular weight is 251 g/mol. The quantitative estimate of drug-likeness (QED) is 0.760. The number of carbonyl (C=O) groups is 2. The number of aromatic hydroxyl groups is 1. The maximum Gasteiger partial charge on any atom is 0.329 e. The van der Waals surface area contributed by atoms with Gasteiger partial charge in [-0.25, -0.2) is 4.79 Å². The number of phenolic OH excluding ortho intramolecular Hbond substituents is 1. The van der Waals surface area contributed by atoms with Crippen LogP contribution in [0.2, 0.25) is 0 Å². The highest BCUT2D eigenvalue weighted by Crippen LogP contribution is 2.20. The monoisotopic (exact) mass is 251 g/mol. The van der Waals surface area contributed by atoms with E-state index >= 15 is 0 Å². The Bertz CT molecular complexity index is 484. The van der Waals surface area contributed by atoms with Crippen LogP contribution in [0, 0.1) is 6.92 Å². The second kappa shape index (κ2) is 5.08. The summed E-state index contributed by atoms with van der Waals surface area (Å²) in [5.41, 5.74) is -0.448. The number of rotatable bonds is 4. The van der Waals surface area contributed by atoms with Gasteiger partial charge >= 0.3 is 5.97 Å². The van der Waals surface area contributed by atoms with Crippen molar-refractivity contribution >= 4 is 11.9 Å². The van der Waals surface area contributed by atoms with E-state index in [0.717, 1.165) is 5.56 Å². The lowest BCUT2D eigenvalue weighted by molar-refractivity contribution is -0.143. The predicted octanol–water partition coefficient (Wildman–Crippen LogP) is 1.68. The van der Waals surface area contributed by atoms with Crippen molar-refractivity contribution in [2.24, 2.45) is 0 Å². The zero-order chi connectivity index (χ0) is 13.9. The minimum Gasteiger partial charge on any atom is -0.507 e. The Morgan fingerprint density at radius 1 is 1.39 bits per heavy atom. The molecule has 0 radical (unpaired) electrons. The number of carboxylic acids is 1. The number of aliphatic carboxylic acids is 1. The molecule has 98 valence electrons. The number of amides is 1. The van der Waals surface area contributed by atoms with Gasteiger partial charge in [0.05, 0.1) is 5.56 Å². The molecule has 1 unspecified atom stereocenters. The van der Waals surface area contributed by atoms with Gasteiger partial charge in [-0.2, -0.15) is 0 Å². The van der Waals surface area contributed by atoms with Crippen molar-refractivity contribution in [1.82, 2.24) is 5.32 Å². The maximum atomic E-state index is 11.9. The third-order valence-electron chi connectivity index (χ3n) is 2.97. The summed E-state index contributed by atoms with van der Waals surface area (Å²) in [4.78, 5) is 23.0. The van der Waals surface area contributed by atoms with Crippen LogP contribution in [0.15, 0.2) is 18.2 Å². The summed E-state index contributed by atoms with van der Waals surface area (Å²) in [6, 6.07) is 4.61. The van der Waals surface area contributed by atoms with Crippen LogP contribution >= 0.6 is 0 Å². The van der Waals surface area contributed by atoms with E-state index < -0.39 is 17.4 Å². The molecule has 0 aliphatic rings. The molecular weight excluding hydrogens is 234 g/mol. The van der Waals surface area contributed by atoms with Crippen molar-refractivity contribution in [3.8, 4) is 5.75 Å². The topological polar surface area (TPSA) is 86.6 Å². The van der Waals surface area contributed by atoms with E-state index in [2.05, 4.69) is 5.32 Å². The highest BCUT2D eigenvalue weighted by atomic mass is 16.4. The molecule has 0 saturated heterocycles. The van der Waals surface area contributed by atoms with Gasteiger partial charge in [0.15, 0.2) is 0 Å². The molecule has 5 heteroatoms. The van der Waals surface area contributed by atoms with E-state index in [1.807, 2.05) is 0 Å². The third kappa shape index (κ3) is 2.80. The molecule has 18 heavy (non-hydrogen) atoms. The van der Waals surface area contributed by atoms with Gasteiger partial charge in [-0.05, 0) is 38.0 Å². The Labute approximate surface area is 105 Å². The van der Waals surface area contributed by atoms with Crippen molar-refractivity contribution in [3.05, 3.63) is 29.3 Å². The van der Waals surface area contributed by atoms with Crippen LogP contribution in [0.5, 0.6) is 5.75 Å². The Morgan fingerprint density at radius 2 is 2.00 bits per heavy atom. The van der Waals surface area contributed by atoms with Crippen LogP contribution in [0.25, 0.3) is 0 Å². The van der Waals surface area contributed by atoms with Gasteiger partial charge in [0.25, 0.3) is 5.91 Å². The van der Waals surface area contributed by atoms with Gasteiger partial charge in [-0.15, -0.1) is 0 Å². The molecule has 0 aromatic heterocycles. The van der Waals surface area contributed by atoms with E-state index in [-0.39, 0.29) is 17.7 Å². The molecule has 0 fully saturated rings. The first-order valence-electron chi connectivity index (χ1n) is 5.65. The van der Waals surface area contributed by atoms with Gasteiger partial charge in [0.1, 0.15) is 11.3 Å². The second-order valence-corrected chi connectivity index (χ2v) is 4.47. The molecule has 1 rings (SSSR count). The molecule has 0 aliphatic heterocycles. The number of hydrogen-bond donors (Lipinski definition) is 3. The number of aryl methyl sites for hydroxylation is 1. The van der Waals surface area contributed by atoms with Crippen molar-refractivity contribution in [2.45, 2.75) is 32.7 Å². The Morgan fingerprint density at radius 3 is 2.44 bits per heavy atom. The lowest BCUT2D eigenvalue weighted by Crippen LogP contribution is -2.51. The Kier molecular flexibility index (Phi) is 3.96. The third-order valence-corrected chi connectivity index (χ3v) is 2.97. The number of hydrogen-bond acceptors (Lipinski definition) is 3.